The fraction of sp³-hybridized carbons (Fsp3) is 0.571. The van der Waals surface area contributed by atoms with Crippen LogP contribution in [0, 0.1) is 5.92 Å². The van der Waals surface area contributed by atoms with Gasteiger partial charge in [-0.25, -0.2) is 12.7 Å². The number of rotatable bonds is 7. The smallest absolute Gasteiger partial charge is 0.214 e. The van der Waals surface area contributed by atoms with E-state index in [9.17, 15) is 8.42 Å². The van der Waals surface area contributed by atoms with Crippen LogP contribution in [0.25, 0.3) is 0 Å². The molecule has 0 heterocycles. The Morgan fingerprint density at radius 3 is 2.21 bits per heavy atom. The zero-order chi connectivity index (χ0) is 14.5. The van der Waals surface area contributed by atoms with Crippen LogP contribution in [0.2, 0.25) is 0 Å². The Bertz CT molecular complexity index is 469. The first-order valence-corrected chi connectivity index (χ1v) is 8.14. The molecule has 0 aliphatic heterocycles. The van der Waals surface area contributed by atoms with Gasteiger partial charge in [-0.2, -0.15) is 0 Å². The highest BCUT2D eigenvalue weighted by molar-refractivity contribution is 7.89. The number of sulfonamides is 1. The third-order valence-electron chi connectivity index (χ3n) is 3.11. The van der Waals surface area contributed by atoms with Crippen molar-refractivity contribution in [1.29, 1.82) is 0 Å². The van der Waals surface area contributed by atoms with Gasteiger partial charge in [-0.3, -0.25) is 0 Å². The summed E-state index contributed by atoms with van der Waals surface area (Å²) >= 11 is 0. The quantitative estimate of drug-likeness (QED) is 0.831. The molecule has 0 amide bonds. The van der Waals surface area contributed by atoms with Crippen LogP contribution in [0.5, 0.6) is 0 Å². The van der Waals surface area contributed by atoms with Gasteiger partial charge in [0, 0.05) is 26.7 Å². The standard InChI is InChI=1S/C14H24N2O2S/c1-12(2)14(13-8-6-5-7-9-13)15-10-11-19(17,18)16(3)4/h5-9,12,14-15H,10-11H2,1-4H3. The monoisotopic (exact) mass is 284 g/mol. The van der Waals surface area contributed by atoms with E-state index >= 15 is 0 Å². The molecule has 1 aromatic rings. The first-order chi connectivity index (χ1) is 8.84. The molecule has 0 fully saturated rings. The summed E-state index contributed by atoms with van der Waals surface area (Å²) in [5, 5.41) is 3.34. The van der Waals surface area contributed by atoms with Crippen molar-refractivity contribution in [3.05, 3.63) is 35.9 Å². The average Bonchev–Trinajstić information content (AvgIpc) is 2.35. The van der Waals surface area contributed by atoms with Crippen molar-refractivity contribution in [2.75, 3.05) is 26.4 Å². The van der Waals surface area contributed by atoms with E-state index in [1.54, 1.807) is 14.1 Å². The van der Waals surface area contributed by atoms with Gasteiger partial charge in [-0.15, -0.1) is 0 Å². The van der Waals surface area contributed by atoms with Crippen molar-refractivity contribution in [2.24, 2.45) is 5.92 Å². The summed E-state index contributed by atoms with van der Waals surface area (Å²) < 4.78 is 24.7. The lowest BCUT2D eigenvalue weighted by Gasteiger charge is -2.23. The highest BCUT2D eigenvalue weighted by atomic mass is 32.2. The number of hydrogen-bond acceptors (Lipinski definition) is 3. The van der Waals surface area contributed by atoms with E-state index in [1.165, 1.54) is 9.87 Å². The highest BCUT2D eigenvalue weighted by Gasteiger charge is 2.17. The van der Waals surface area contributed by atoms with Gasteiger partial charge >= 0.3 is 0 Å². The minimum atomic E-state index is -3.13. The molecule has 0 aliphatic rings. The van der Waals surface area contributed by atoms with Crippen LogP contribution in [-0.2, 0) is 10.0 Å². The molecule has 1 atom stereocenters. The van der Waals surface area contributed by atoms with E-state index in [0.717, 1.165) is 0 Å². The molecule has 0 aliphatic carbocycles. The van der Waals surface area contributed by atoms with E-state index in [0.29, 0.717) is 12.5 Å². The van der Waals surface area contributed by atoms with Crippen molar-refractivity contribution in [3.8, 4) is 0 Å². The van der Waals surface area contributed by atoms with Crippen molar-refractivity contribution >= 4 is 10.0 Å². The lowest BCUT2D eigenvalue weighted by atomic mass is 9.96. The second-order valence-corrected chi connectivity index (χ2v) is 7.49. The molecule has 0 aromatic heterocycles. The number of nitrogens with one attached hydrogen (secondary N) is 1. The lowest BCUT2D eigenvalue weighted by molar-refractivity contribution is 0.419. The van der Waals surface area contributed by atoms with Crippen molar-refractivity contribution in [2.45, 2.75) is 19.9 Å². The van der Waals surface area contributed by atoms with Crippen LogP contribution in [0.4, 0.5) is 0 Å². The molecular formula is C14H24N2O2S. The minimum Gasteiger partial charge on any atom is -0.309 e. The minimum absolute atomic E-state index is 0.121. The predicted octanol–water partition coefficient (Wildman–Crippen LogP) is 1.86. The Labute approximate surface area is 116 Å². The van der Waals surface area contributed by atoms with Crippen LogP contribution >= 0.6 is 0 Å². The summed E-state index contributed by atoms with van der Waals surface area (Å²) in [6, 6.07) is 10.3. The summed E-state index contributed by atoms with van der Waals surface area (Å²) in [5.41, 5.74) is 1.19. The number of benzene rings is 1. The molecular weight excluding hydrogens is 260 g/mol. The molecule has 1 unspecified atom stereocenters. The van der Waals surface area contributed by atoms with Gasteiger partial charge in [0.2, 0.25) is 10.0 Å². The van der Waals surface area contributed by atoms with Crippen LogP contribution < -0.4 is 5.32 Å². The molecule has 0 bridgehead atoms. The molecule has 0 spiro atoms. The SMILES string of the molecule is CC(C)C(NCCS(=O)(=O)N(C)C)c1ccccc1. The fourth-order valence-corrected chi connectivity index (χ4v) is 2.67. The first kappa shape index (κ1) is 16.1. The third-order valence-corrected chi connectivity index (χ3v) is 4.94. The van der Waals surface area contributed by atoms with Gasteiger partial charge in [0.1, 0.15) is 0 Å². The maximum atomic E-state index is 11.7. The van der Waals surface area contributed by atoms with E-state index < -0.39 is 10.0 Å². The van der Waals surface area contributed by atoms with Gasteiger partial charge in [0.15, 0.2) is 0 Å². The van der Waals surface area contributed by atoms with Gasteiger partial charge in [-0.05, 0) is 11.5 Å². The molecule has 1 rings (SSSR count). The Balaban J connectivity index is 2.63. The molecule has 19 heavy (non-hydrogen) atoms. The number of hydrogen-bond donors (Lipinski definition) is 1. The van der Waals surface area contributed by atoms with Gasteiger partial charge in [0.05, 0.1) is 5.75 Å². The number of nitrogens with zero attached hydrogens (tertiary/aromatic N) is 1. The molecule has 5 heteroatoms. The van der Waals surface area contributed by atoms with Crippen LogP contribution in [0.15, 0.2) is 30.3 Å². The molecule has 4 nitrogen and oxygen atoms in total. The van der Waals surface area contributed by atoms with E-state index in [-0.39, 0.29) is 11.8 Å². The van der Waals surface area contributed by atoms with E-state index in [2.05, 4.69) is 31.3 Å². The molecule has 108 valence electrons. The van der Waals surface area contributed by atoms with Crippen LogP contribution in [-0.4, -0.2) is 39.1 Å². The van der Waals surface area contributed by atoms with Gasteiger partial charge in [0.25, 0.3) is 0 Å². The molecule has 1 aromatic carbocycles. The second kappa shape index (κ2) is 7.03. The zero-order valence-electron chi connectivity index (χ0n) is 12.1. The summed E-state index contributed by atoms with van der Waals surface area (Å²) in [5.74, 6) is 0.528. The zero-order valence-corrected chi connectivity index (χ0v) is 12.9. The maximum Gasteiger partial charge on any atom is 0.214 e. The average molecular weight is 284 g/mol. The second-order valence-electron chi connectivity index (χ2n) is 5.18. The molecule has 0 saturated heterocycles. The molecule has 1 N–H and O–H groups in total. The Kier molecular flexibility index (Phi) is 5.97. The summed E-state index contributed by atoms with van der Waals surface area (Å²) in [6.45, 7) is 4.72. The van der Waals surface area contributed by atoms with Gasteiger partial charge < -0.3 is 5.32 Å². The normalized spacial score (nSPS) is 14.0. The lowest BCUT2D eigenvalue weighted by Crippen LogP contribution is -2.34. The molecule has 0 saturated carbocycles. The highest BCUT2D eigenvalue weighted by Crippen LogP contribution is 2.20. The van der Waals surface area contributed by atoms with E-state index in [1.807, 2.05) is 18.2 Å². The Morgan fingerprint density at radius 2 is 1.74 bits per heavy atom. The van der Waals surface area contributed by atoms with Crippen molar-refractivity contribution in [3.63, 3.8) is 0 Å². The largest absolute Gasteiger partial charge is 0.309 e. The summed E-state index contributed by atoms with van der Waals surface area (Å²) in [4.78, 5) is 0. The van der Waals surface area contributed by atoms with E-state index in [4.69, 9.17) is 0 Å². The molecule has 0 radical (unpaired) electrons. The fourth-order valence-electron chi connectivity index (χ4n) is 1.92. The summed E-state index contributed by atoms with van der Waals surface area (Å²) in [7, 11) is -0.00699. The predicted molar refractivity (Wildman–Crippen MR) is 79.5 cm³/mol. The van der Waals surface area contributed by atoms with Crippen LogP contribution in [0.1, 0.15) is 25.5 Å². The first-order valence-electron chi connectivity index (χ1n) is 6.53. The Hall–Kier alpha value is -0.910. The topological polar surface area (TPSA) is 49.4 Å². The van der Waals surface area contributed by atoms with Crippen molar-refractivity contribution in [1.82, 2.24) is 9.62 Å². The maximum absolute atomic E-state index is 11.7. The third kappa shape index (κ3) is 4.93. The van der Waals surface area contributed by atoms with Gasteiger partial charge in [-0.1, -0.05) is 44.2 Å². The summed E-state index contributed by atoms with van der Waals surface area (Å²) in [6.07, 6.45) is 0. The van der Waals surface area contributed by atoms with Crippen LogP contribution in [0.3, 0.4) is 0 Å². The Morgan fingerprint density at radius 1 is 1.16 bits per heavy atom. The van der Waals surface area contributed by atoms with Crippen molar-refractivity contribution < 1.29 is 8.42 Å².